The minimum atomic E-state index is -0.100. The van der Waals surface area contributed by atoms with Gasteiger partial charge in [0.1, 0.15) is 11.6 Å². The lowest BCUT2D eigenvalue weighted by atomic mass is 9.96. The van der Waals surface area contributed by atoms with Crippen molar-refractivity contribution in [3.8, 4) is 16.9 Å². The summed E-state index contributed by atoms with van der Waals surface area (Å²) in [5.41, 5.74) is 2.29. The van der Waals surface area contributed by atoms with Crippen LogP contribution in [0.15, 0.2) is 72.0 Å². The van der Waals surface area contributed by atoms with Crippen molar-refractivity contribution in [3.05, 3.63) is 83.4 Å². The molecule has 0 unspecified atom stereocenters. The van der Waals surface area contributed by atoms with Crippen molar-refractivity contribution in [1.82, 2.24) is 19.4 Å². The molecule has 36 heavy (non-hydrogen) atoms. The maximum absolute atomic E-state index is 13.8. The first-order chi connectivity index (χ1) is 17.4. The van der Waals surface area contributed by atoms with Gasteiger partial charge in [0.2, 0.25) is 5.91 Å². The molecule has 0 bridgehead atoms. The Labute approximate surface area is 209 Å². The van der Waals surface area contributed by atoms with Crippen molar-refractivity contribution in [1.29, 1.82) is 0 Å². The molecule has 5 rings (SSSR count). The summed E-state index contributed by atoms with van der Waals surface area (Å²) in [6.45, 7) is 6.04. The second kappa shape index (κ2) is 9.59. The first-order valence-corrected chi connectivity index (χ1v) is 12.2. The van der Waals surface area contributed by atoms with Crippen molar-refractivity contribution < 1.29 is 9.90 Å². The second-order valence-corrected chi connectivity index (χ2v) is 9.67. The molecule has 0 radical (unpaired) electrons. The summed E-state index contributed by atoms with van der Waals surface area (Å²) in [6.07, 6.45) is 2.13. The number of rotatable bonds is 7. The van der Waals surface area contributed by atoms with Crippen molar-refractivity contribution in [3.63, 3.8) is 0 Å². The average Bonchev–Trinajstić information content (AvgIpc) is 2.83. The quantitative estimate of drug-likeness (QED) is 0.403. The number of carbonyl (C=O) groups excluding carboxylic acids is 1. The third-order valence-corrected chi connectivity index (χ3v) is 6.86. The number of likely N-dealkylation sites (tertiary alicyclic amines) is 1. The largest absolute Gasteiger partial charge is 0.508 e. The van der Waals surface area contributed by atoms with Gasteiger partial charge < -0.3 is 14.9 Å². The minimum Gasteiger partial charge on any atom is -0.508 e. The summed E-state index contributed by atoms with van der Waals surface area (Å²) in [7, 11) is 4.03. The zero-order valence-electron chi connectivity index (χ0n) is 20.6. The Morgan fingerprint density at radius 3 is 2.67 bits per heavy atom. The number of hydrogen-bond donors (Lipinski definition) is 1. The molecular weight excluding hydrogens is 452 g/mol. The van der Waals surface area contributed by atoms with Gasteiger partial charge in [-0.25, -0.2) is 4.98 Å². The molecule has 1 aromatic heterocycles. The van der Waals surface area contributed by atoms with Crippen LogP contribution >= 0.6 is 0 Å². The van der Waals surface area contributed by atoms with Gasteiger partial charge in [-0.2, -0.15) is 0 Å². The number of fused-ring (bicyclic) bond motifs is 2. The van der Waals surface area contributed by atoms with Gasteiger partial charge in [-0.15, -0.1) is 0 Å². The number of phenolic OH excluding ortho intramolecular Hbond substituents is 1. The Kier molecular flexibility index (Phi) is 6.33. The first kappa shape index (κ1) is 23.8. The lowest BCUT2D eigenvalue weighted by Gasteiger charge is -2.39. The Morgan fingerprint density at radius 1 is 1.14 bits per heavy atom. The van der Waals surface area contributed by atoms with Crippen LogP contribution in [0.4, 0.5) is 0 Å². The molecule has 1 N–H and O–H groups in total. The van der Waals surface area contributed by atoms with E-state index in [1.165, 1.54) is 6.08 Å². The SMILES string of the molecule is C=CC(=O)N1CC(c2nc3ccc(-c4cc(O)cc5ccccc45)cc3c(=O)n2CCCN(C)C)C1. The average molecular weight is 483 g/mol. The van der Waals surface area contributed by atoms with Crippen LogP contribution in [0.5, 0.6) is 5.75 Å². The summed E-state index contributed by atoms with van der Waals surface area (Å²) in [5.74, 6) is 0.827. The fraction of sp³-hybridized carbons (Fsp3) is 0.276. The topological polar surface area (TPSA) is 78.7 Å². The van der Waals surface area contributed by atoms with E-state index in [1.807, 2.05) is 56.6 Å². The molecular formula is C29H30N4O3. The molecule has 0 spiro atoms. The highest BCUT2D eigenvalue weighted by molar-refractivity contribution is 5.99. The Bertz CT molecular complexity index is 1530. The molecule has 1 amide bonds. The van der Waals surface area contributed by atoms with Crippen molar-refractivity contribution >= 4 is 27.6 Å². The maximum Gasteiger partial charge on any atom is 0.261 e. The van der Waals surface area contributed by atoms with E-state index in [9.17, 15) is 14.7 Å². The van der Waals surface area contributed by atoms with Crippen LogP contribution in [0.25, 0.3) is 32.8 Å². The molecule has 1 fully saturated rings. The van der Waals surface area contributed by atoms with E-state index in [-0.39, 0.29) is 23.1 Å². The van der Waals surface area contributed by atoms with E-state index in [0.717, 1.165) is 40.7 Å². The van der Waals surface area contributed by atoms with Crippen LogP contribution < -0.4 is 5.56 Å². The summed E-state index contributed by atoms with van der Waals surface area (Å²) >= 11 is 0. The minimum absolute atomic E-state index is 0.0139. The summed E-state index contributed by atoms with van der Waals surface area (Å²) in [5, 5.41) is 12.8. The molecule has 0 aliphatic carbocycles. The van der Waals surface area contributed by atoms with E-state index in [2.05, 4.69) is 11.5 Å². The van der Waals surface area contributed by atoms with Crippen molar-refractivity contribution in [2.24, 2.45) is 0 Å². The predicted octanol–water partition coefficient (Wildman–Crippen LogP) is 3.99. The Balaban J connectivity index is 1.60. The summed E-state index contributed by atoms with van der Waals surface area (Å²) in [4.78, 5) is 34.5. The summed E-state index contributed by atoms with van der Waals surface area (Å²) in [6, 6.07) is 17.1. The van der Waals surface area contributed by atoms with Crippen LogP contribution in [0.3, 0.4) is 0 Å². The molecule has 3 aromatic carbocycles. The number of carbonyl (C=O) groups is 1. The molecule has 1 saturated heterocycles. The van der Waals surface area contributed by atoms with Gasteiger partial charge in [0, 0.05) is 19.6 Å². The van der Waals surface area contributed by atoms with E-state index in [0.29, 0.717) is 30.5 Å². The normalized spacial score (nSPS) is 13.9. The Morgan fingerprint density at radius 2 is 1.92 bits per heavy atom. The fourth-order valence-electron chi connectivity index (χ4n) is 4.96. The molecule has 2 heterocycles. The number of amides is 1. The highest BCUT2D eigenvalue weighted by atomic mass is 16.3. The fourth-order valence-corrected chi connectivity index (χ4v) is 4.96. The molecule has 7 heteroatoms. The molecule has 184 valence electrons. The zero-order valence-corrected chi connectivity index (χ0v) is 20.6. The first-order valence-electron chi connectivity index (χ1n) is 12.2. The molecule has 0 atom stereocenters. The lowest BCUT2D eigenvalue weighted by Crippen LogP contribution is -2.49. The van der Waals surface area contributed by atoms with Crippen LogP contribution in [-0.4, -0.2) is 64.1 Å². The number of benzene rings is 3. The highest BCUT2D eigenvalue weighted by Crippen LogP contribution is 2.34. The van der Waals surface area contributed by atoms with Crippen LogP contribution in [0.2, 0.25) is 0 Å². The summed E-state index contributed by atoms with van der Waals surface area (Å²) < 4.78 is 1.79. The smallest absolute Gasteiger partial charge is 0.261 e. The van der Waals surface area contributed by atoms with E-state index in [4.69, 9.17) is 4.98 Å². The number of nitrogens with zero attached hydrogens (tertiary/aromatic N) is 4. The number of aromatic nitrogens is 2. The van der Waals surface area contributed by atoms with Crippen LogP contribution in [-0.2, 0) is 11.3 Å². The Hall–Kier alpha value is -3.97. The van der Waals surface area contributed by atoms with E-state index >= 15 is 0 Å². The molecule has 0 saturated carbocycles. The van der Waals surface area contributed by atoms with Crippen molar-refractivity contribution in [2.45, 2.75) is 18.9 Å². The van der Waals surface area contributed by atoms with E-state index in [1.54, 1.807) is 21.6 Å². The third kappa shape index (κ3) is 4.38. The van der Waals surface area contributed by atoms with Crippen LogP contribution in [0.1, 0.15) is 18.2 Å². The molecule has 1 aliphatic heterocycles. The number of phenols is 1. The van der Waals surface area contributed by atoms with Crippen LogP contribution in [0, 0.1) is 0 Å². The van der Waals surface area contributed by atoms with Gasteiger partial charge in [0.15, 0.2) is 0 Å². The van der Waals surface area contributed by atoms with Gasteiger partial charge in [-0.05, 0) is 79.3 Å². The molecule has 4 aromatic rings. The van der Waals surface area contributed by atoms with Gasteiger partial charge in [-0.1, -0.05) is 36.9 Å². The third-order valence-electron chi connectivity index (χ3n) is 6.86. The molecule has 1 aliphatic rings. The number of hydrogen-bond acceptors (Lipinski definition) is 5. The highest BCUT2D eigenvalue weighted by Gasteiger charge is 2.34. The van der Waals surface area contributed by atoms with Gasteiger partial charge in [0.05, 0.1) is 16.8 Å². The maximum atomic E-state index is 13.8. The second-order valence-electron chi connectivity index (χ2n) is 9.67. The monoisotopic (exact) mass is 482 g/mol. The standard InChI is InChI=1S/C29H30N4O3/c1-4-27(35)32-17-21(18-32)28-30-26-11-10-20(15-25(26)29(36)33(28)13-7-12-31(2)3)24-16-22(34)14-19-8-5-6-9-23(19)24/h4-6,8-11,14-16,21,34H,1,7,12-13,17-18H2,2-3H3. The zero-order chi connectivity index (χ0) is 25.4. The van der Waals surface area contributed by atoms with Gasteiger partial charge in [-0.3, -0.25) is 14.2 Å². The number of aromatic hydroxyl groups is 1. The van der Waals surface area contributed by atoms with E-state index < -0.39 is 0 Å². The van der Waals surface area contributed by atoms with Gasteiger partial charge >= 0.3 is 0 Å². The molecule has 7 nitrogen and oxygen atoms in total. The predicted molar refractivity (Wildman–Crippen MR) is 143 cm³/mol. The van der Waals surface area contributed by atoms with Gasteiger partial charge in [0.25, 0.3) is 5.56 Å². The lowest BCUT2D eigenvalue weighted by molar-refractivity contribution is -0.130. The van der Waals surface area contributed by atoms with Crippen molar-refractivity contribution in [2.75, 3.05) is 33.7 Å².